The van der Waals surface area contributed by atoms with Crippen molar-refractivity contribution in [3.8, 4) is 6.07 Å². The number of aromatic nitrogens is 2. The molecule has 4 rings (SSSR count). The molecule has 6 nitrogen and oxygen atoms in total. The molecule has 1 aromatic heterocycles. The number of nitriles is 1. The lowest BCUT2D eigenvalue weighted by Gasteiger charge is -2.36. The number of rotatable bonds is 4. The highest BCUT2D eigenvalue weighted by molar-refractivity contribution is 7.92. The van der Waals surface area contributed by atoms with Gasteiger partial charge in [0.1, 0.15) is 5.69 Å². The molecular formula is C25H28N4O2S. The van der Waals surface area contributed by atoms with Gasteiger partial charge in [0, 0.05) is 13.1 Å². The quantitative estimate of drug-likeness (QED) is 0.571. The highest BCUT2D eigenvalue weighted by Gasteiger charge is 2.36. The topological polar surface area (TPSA) is 86.9 Å². The van der Waals surface area contributed by atoms with Gasteiger partial charge in [-0.05, 0) is 67.5 Å². The maximum absolute atomic E-state index is 13.6. The Morgan fingerprint density at radius 3 is 2.22 bits per heavy atom. The summed E-state index contributed by atoms with van der Waals surface area (Å²) in [5.74, 6) is 1.38. The number of anilines is 1. The largest absolute Gasteiger partial charge is 0.354 e. The van der Waals surface area contributed by atoms with E-state index in [9.17, 15) is 13.7 Å². The molecule has 166 valence electrons. The Bertz CT molecular complexity index is 1300. The van der Waals surface area contributed by atoms with Crippen LogP contribution in [-0.4, -0.2) is 31.5 Å². The highest BCUT2D eigenvalue weighted by Crippen LogP contribution is 2.36. The molecule has 2 aromatic carbocycles. The van der Waals surface area contributed by atoms with Crippen LogP contribution < -0.4 is 4.90 Å². The number of aryl methyl sites for hydroxylation is 2. The molecule has 1 fully saturated rings. The van der Waals surface area contributed by atoms with E-state index < -0.39 is 15.1 Å². The van der Waals surface area contributed by atoms with E-state index in [1.54, 1.807) is 24.3 Å². The standard InChI is InChI=1S/C25H28N4O2S/c1-16-11-17(2)15-29(14-16)25-24(27-21-7-5-6-8-22(21)28-25)23(13-26)32(30,31)20-10-9-18(3)19(4)12-20/h5-10,12,16-17,23H,11,14-15H2,1-4H3/t16-,17+,23-/m1/s1. The van der Waals surface area contributed by atoms with Gasteiger partial charge in [0.2, 0.25) is 9.84 Å². The normalized spacial score (nSPS) is 20.2. The van der Waals surface area contributed by atoms with Crippen molar-refractivity contribution in [2.24, 2.45) is 11.8 Å². The number of benzene rings is 2. The maximum atomic E-state index is 13.6. The van der Waals surface area contributed by atoms with Crippen LogP contribution in [0.25, 0.3) is 11.0 Å². The van der Waals surface area contributed by atoms with Crippen molar-refractivity contribution in [3.63, 3.8) is 0 Å². The van der Waals surface area contributed by atoms with Crippen LogP contribution in [0.3, 0.4) is 0 Å². The summed E-state index contributed by atoms with van der Waals surface area (Å²) < 4.78 is 27.2. The third-order valence-electron chi connectivity index (χ3n) is 6.23. The monoisotopic (exact) mass is 448 g/mol. The molecule has 1 saturated heterocycles. The molecule has 0 amide bonds. The van der Waals surface area contributed by atoms with Crippen LogP contribution in [-0.2, 0) is 9.84 Å². The second kappa shape index (κ2) is 8.51. The van der Waals surface area contributed by atoms with Crippen molar-refractivity contribution in [1.29, 1.82) is 5.26 Å². The molecule has 0 saturated carbocycles. The molecule has 1 aliphatic rings. The summed E-state index contributed by atoms with van der Waals surface area (Å²) in [6.45, 7) is 9.68. The molecule has 7 heteroatoms. The second-order valence-corrected chi connectivity index (χ2v) is 11.1. The zero-order valence-corrected chi connectivity index (χ0v) is 19.7. The van der Waals surface area contributed by atoms with Gasteiger partial charge in [0.25, 0.3) is 0 Å². The first-order valence-corrected chi connectivity index (χ1v) is 12.5. The minimum Gasteiger partial charge on any atom is -0.354 e. The van der Waals surface area contributed by atoms with E-state index in [1.807, 2.05) is 38.1 Å². The second-order valence-electron chi connectivity index (χ2n) is 9.07. The Kier molecular flexibility index (Phi) is 5.91. The van der Waals surface area contributed by atoms with Gasteiger partial charge < -0.3 is 4.90 Å². The van der Waals surface area contributed by atoms with Crippen LogP contribution in [0, 0.1) is 37.0 Å². The molecule has 0 radical (unpaired) electrons. The van der Waals surface area contributed by atoms with Crippen LogP contribution in [0.4, 0.5) is 5.82 Å². The van der Waals surface area contributed by atoms with Crippen LogP contribution >= 0.6 is 0 Å². The van der Waals surface area contributed by atoms with E-state index in [-0.39, 0.29) is 10.6 Å². The minimum atomic E-state index is -3.99. The molecule has 3 aromatic rings. The van der Waals surface area contributed by atoms with Crippen LogP contribution in [0.1, 0.15) is 42.3 Å². The number of piperidine rings is 1. The van der Waals surface area contributed by atoms with Crippen LogP contribution in [0.5, 0.6) is 0 Å². The highest BCUT2D eigenvalue weighted by atomic mass is 32.2. The van der Waals surface area contributed by atoms with Gasteiger partial charge in [0.05, 0.1) is 22.0 Å². The smallest absolute Gasteiger partial charge is 0.200 e. The van der Waals surface area contributed by atoms with Gasteiger partial charge in [0.15, 0.2) is 11.1 Å². The lowest BCUT2D eigenvalue weighted by Crippen LogP contribution is -2.40. The summed E-state index contributed by atoms with van der Waals surface area (Å²) >= 11 is 0. The summed E-state index contributed by atoms with van der Waals surface area (Å²) in [7, 11) is -3.99. The van der Waals surface area contributed by atoms with Crippen molar-refractivity contribution in [2.45, 2.75) is 44.3 Å². The average molecular weight is 449 g/mol. The van der Waals surface area contributed by atoms with Crippen molar-refractivity contribution in [2.75, 3.05) is 18.0 Å². The predicted molar refractivity (Wildman–Crippen MR) is 126 cm³/mol. The van der Waals surface area contributed by atoms with Gasteiger partial charge in [-0.15, -0.1) is 0 Å². The SMILES string of the molecule is Cc1ccc(S(=O)(=O)[C@H](C#N)c2nc3ccccc3nc2N2C[C@H](C)C[C@H](C)C2)cc1C. The summed E-state index contributed by atoms with van der Waals surface area (Å²) in [5.41, 5.74) is 3.36. The van der Waals surface area contributed by atoms with Crippen molar-refractivity contribution in [1.82, 2.24) is 9.97 Å². The molecule has 0 unspecified atom stereocenters. The predicted octanol–water partition coefficient (Wildman–Crippen LogP) is 4.77. The Morgan fingerprint density at radius 1 is 1.00 bits per heavy atom. The Morgan fingerprint density at radius 2 is 1.62 bits per heavy atom. The van der Waals surface area contributed by atoms with E-state index in [4.69, 9.17) is 9.97 Å². The molecule has 3 atom stereocenters. The number of fused-ring (bicyclic) bond motifs is 1. The average Bonchev–Trinajstić information content (AvgIpc) is 2.74. The van der Waals surface area contributed by atoms with E-state index >= 15 is 0 Å². The number of hydrogen-bond donors (Lipinski definition) is 0. The lowest BCUT2D eigenvalue weighted by atomic mass is 9.92. The van der Waals surface area contributed by atoms with Crippen LogP contribution in [0.2, 0.25) is 0 Å². The van der Waals surface area contributed by atoms with Gasteiger partial charge in [-0.3, -0.25) is 0 Å². The fraction of sp³-hybridized carbons (Fsp3) is 0.400. The van der Waals surface area contributed by atoms with E-state index in [0.717, 1.165) is 30.6 Å². The number of hydrogen-bond acceptors (Lipinski definition) is 6. The first-order chi connectivity index (χ1) is 15.2. The Hall–Kier alpha value is -2.98. The van der Waals surface area contributed by atoms with Crippen molar-refractivity contribution < 1.29 is 8.42 Å². The third kappa shape index (κ3) is 4.07. The Labute approximate surface area is 189 Å². The van der Waals surface area contributed by atoms with Crippen molar-refractivity contribution in [3.05, 3.63) is 59.3 Å². The van der Waals surface area contributed by atoms with Gasteiger partial charge in [-0.25, -0.2) is 18.4 Å². The molecule has 0 bridgehead atoms. The van der Waals surface area contributed by atoms with Gasteiger partial charge in [-0.2, -0.15) is 5.26 Å². The first-order valence-electron chi connectivity index (χ1n) is 10.9. The van der Waals surface area contributed by atoms with Crippen LogP contribution in [0.15, 0.2) is 47.4 Å². The zero-order chi connectivity index (χ0) is 23.0. The molecule has 2 heterocycles. The van der Waals surface area contributed by atoms with E-state index in [1.165, 1.54) is 0 Å². The van der Waals surface area contributed by atoms with E-state index in [0.29, 0.717) is 28.7 Å². The summed E-state index contributed by atoms with van der Waals surface area (Å²) in [5, 5.41) is 8.64. The zero-order valence-electron chi connectivity index (χ0n) is 18.9. The van der Waals surface area contributed by atoms with E-state index in [2.05, 4.69) is 18.7 Å². The summed E-state index contributed by atoms with van der Waals surface area (Å²) in [6, 6.07) is 14.4. The Balaban J connectivity index is 1.90. The number of para-hydroxylation sites is 2. The molecule has 1 aliphatic heterocycles. The molecule has 0 spiro atoms. The summed E-state index contributed by atoms with van der Waals surface area (Å²) in [4.78, 5) is 11.8. The third-order valence-corrected chi connectivity index (χ3v) is 8.09. The summed E-state index contributed by atoms with van der Waals surface area (Å²) in [6.07, 6.45) is 1.11. The van der Waals surface area contributed by atoms with Gasteiger partial charge >= 0.3 is 0 Å². The molecular weight excluding hydrogens is 420 g/mol. The first kappa shape index (κ1) is 22.2. The molecule has 0 N–H and O–H groups in total. The van der Waals surface area contributed by atoms with Crippen molar-refractivity contribution >= 4 is 26.7 Å². The fourth-order valence-electron chi connectivity index (χ4n) is 4.55. The van der Waals surface area contributed by atoms with Gasteiger partial charge in [-0.1, -0.05) is 32.0 Å². The minimum absolute atomic E-state index is 0.133. The molecule has 0 aliphatic carbocycles. The maximum Gasteiger partial charge on any atom is 0.200 e. The fourth-order valence-corrected chi connectivity index (χ4v) is 6.02. The number of nitrogens with zero attached hydrogens (tertiary/aromatic N) is 4. The number of sulfone groups is 1. The molecule has 32 heavy (non-hydrogen) atoms. The lowest BCUT2D eigenvalue weighted by molar-refractivity contribution is 0.355.